The predicted octanol–water partition coefficient (Wildman–Crippen LogP) is -7.86. The molecule has 304 valence electrons. The number of rotatable bonds is 19. The van der Waals surface area contributed by atoms with Crippen molar-refractivity contribution in [2.75, 3.05) is 39.5 Å². The molecule has 4 heterocycles. The molecule has 0 saturated carbocycles. The summed E-state index contributed by atoms with van der Waals surface area (Å²) in [4.78, 5) is 21.9. The van der Waals surface area contributed by atoms with Crippen molar-refractivity contribution in [3.8, 4) is 0 Å². The number of carbonyl (C=O) groups excluding carboxylic acids is 2. The van der Waals surface area contributed by atoms with Crippen LogP contribution in [0.4, 0.5) is 0 Å². The molecule has 0 radical (unpaired) electrons. The van der Waals surface area contributed by atoms with Crippen LogP contribution >= 0.6 is 0 Å². The summed E-state index contributed by atoms with van der Waals surface area (Å²) in [5.41, 5.74) is 0.430. The van der Waals surface area contributed by atoms with Crippen LogP contribution in [-0.2, 0) is 60.6 Å². The minimum absolute atomic E-state index is 0.0181. The van der Waals surface area contributed by atoms with Crippen LogP contribution in [-0.4, -0.2) is 210 Å². The third-order valence-corrected chi connectivity index (χ3v) is 8.70. The second-order valence-electron chi connectivity index (χ2n) is 12.5. The van der Waals surface area contributed by atoms with E-state index in [-0.39, 0.29) is 26.2 Å². The van der Waals surface area contributed by atoms with E-state index in [4.69, 9.17) is 37.9 Å². The van der Waals surface area contributed by atoms with E-state index < -0.39 is 131 Å². The summed E-state index contributed by atoms with van der Waals surface area (Å²) in [5.74, 6) is -1.72. The van der Waals surface area contributed by atoms with Crippen LogP contribution in [0.2, 0.25) is 0 Å². The molecule has 0 amide bonds. The summed E-state index contributed by atoms with van der Waals surface area (Å²) in [7, 11) is 0. The van der Waals surface area contributed by atoms with Gasteiger partial charge < -0.3 is 94.3 Å². The lowest BCUT2D eigenvalue weighted by atomic mass is 9.94. The molecule has 0 aliphatic carbocycles. The number of nitrogens with zero attached hydrogens (tertiary/aromatic N) is 3. The maximum atomic E-state index is 10.9. The van der Waals surface area contributed by atoms with Gasteiger partial charge in [-0.25, -0.2) is 0 Å². The van der Waals surface area contributed by atoms with Gasteiger partial charge in [0, 0.05) is 20.0 Å². The molecule has 24 heteroatoms. The highest BCUT2D eigenvalue weighted by Gasteiger charge is 2.51. The number of aromatic nitrogens is 3. The molecule has 24 nitrogen and oxygen atoms in total. The summed E-state index contributed by atoms with van der Waals surface area (Å²) in [5, 5.41) is 115. The summed E-state index contributed by atoms with van der Waals surface area (Å²) >= 11 is 0. The highest BCUT2D eigenvalue weighted by atomic mass is 16.8. The van der Waals surface area contributed by atoms with Crippen LogP contribution in [0.25, 0.3) is 0 Å². The first-order chi connectivity index (χ1) is 25.3. The van der Waals surface area contributed by atoms with Gasteiger partial charge in [-0.1, -0.05) is 5.21 Å². The fourth-order valence-electron chi connectivity index (χ4n) is 5.65. The molecular weight excluding hydrogens is 724 g/mol. The smallest absolute Gasteiger partial charge is 0.303 e. The van der Waals surface area contributed by atoms with Gasteiger partial charge in [0.1, 0.15) is 67.2 Å². The third kappa shape index (κ3) is 11.2. The van der Waals surface area contributed by atoms with Crippen LogP contribution in [0.5, 0.6) is 0 Å². The monoisotopic (exact) mass is 772 g/mol. The molecular formula is C29H48N4O20. The van der Waals surface area contributed by atoms with E-state index in [2.05, 4.69) is 15.6 Å². The van der Waals surface area contributed by atoms with Crippen molar-refractivity contribution in [2.24, 2.45) is 5.92 Å². The Morgan fingerprint density at radius 3 is 2.38 bits per heavy atom. The Morgan fingerprint density at radius 2 is 1.70 bits per heavy atom. The summed E-state index contributed by atoms with van der Waals surface area (Å²) in [6, 6.07) is 0. The Labute approximate surface area is 301 Å². The van der Waals surface area contributed by atoms with Crippen molar-refractivity contribution < 1.29 is 98.5 Å². The Kier molecular flexibility index (Phi) is 16.6. The number of nitrogens with one attached hydrogen (secondary N) is 1. The first kappa shape index (κ1) is 43.1. The molecule has 0 spiro atoms. The first-order valence-electron chi connectivity index (χ1n) is 16.6. The van der Waals surface area contributed by atoms with Gasteiger partial charge in [0.2, 0.25) is 6.29 Å². The second kappa shape index (κ2) is 20.4. The third-order valence-electron chi connectivity index (χ3n) is 8.70. The highest BCUT2D eigenvalue weighted by molar-refractivity contribution is 5.65. The van der Waals surface area contributed by atoms with Crippen LogP contribution in [0.3, 0.4) is 0 Å². The SMILES string of the molecule is CC(=O)OCc1cn(CCNCC(O)C(O)C(CO)O[C@@H]2OC[C@@H](O[C@@H]3OC[C@@H](O)C(O)C3O[C@H]3OC(OC=O)[C@@H](CO)[C@H](O)C3O)[C@H](O)C2O)nn1. The fraction of sp³-hybridized carbons (Fsp3) is 0.862. The van der Waals surface area contributed by atoms with Gasteiger partial charge in [0.15, 0.2) is 18.9 Å². The lowest BCUT2D eigenvalue weighted by Crippen LogP contribution is -2.63. The second-order valence-corrected chi connectivity index (χ2v) is 12.5. The maximum absolute atomic E-state index is 10.9. The molecule has 8 unspecified atom stereocenters. The van der Waals surface area contributed by atoms with Crippen LogP contribution in [0.15, 0.2) is 6.20 Å². The molecule has 3 fully saturated rings. The molecule has 3 aliphatic rings. The van der Waals surface area contributed by atoms with Gasteiger partial charge in [0.05, 0.1) is 57.3 Å². The van der Waals surface area contributed by atoms with Crippen molar-refractivity contribution in [1.82, 2.24) is 20.3 Å². The Morgan fingerprint density at radius 1 is 0.981 bits per heavy atom. The van der Waals surface area contributed by atoms with E-state index >= 15 is 0 Å². The molecule has 53 heavy (non-hydrogen) atoms. The molecule has 11 N–H and O–H groups in total. The normalized spacial score (nSPS) is 36.7. The molecule has 3 saturated heterocycles. The van der Waals surface area contributed by atoms with Crippen LogP contribution < -0.4 is 5.32 Å². The molecule has 0 aromatic carbocycles. The number of hydrogen-bond donors (Lipinski definition) is 11. The average molecular weight is 773 g/mol. The van der Waals surface area contributed by atoms with Crippen molar-refractivity contribution in [1.29, 1.82) is 0 Å². The summed E-state index contributed by atoms with van der Waals surface area (Å²) < 4.78 is 44.2. The van der Waals surface area contributed by atoms with Crippen LogP contribution in [0.1, 0.15) is 12.6 Å². The van der Waals surface area contributed by atoms with E-state index in [1.165, 1.54) is 11.6 Å². The Hall–Kier alpha value is -2.60. The molecule has 1 aromatic rings. The predicted molar refractivity (Wildman–Crippen MR) is 164 cm³/mol. The van der Waals surface area contributed by atoms with Gasteiger partial charge in [-0.05, 0) is 0 Å². The minimum Gasteiger partial charge on any atom is -0.459 e. The van der Waals surface area contributed by atoms with E-state index in [0.29, 0.717) is 12.2 Å². The zero-order valence-corrected chi connectivity index (χ0v) is 28.4. The van der Waals surface area contributed by atoms with E-state index in [9.17, 15) is 60.7 Å². The van der Waals surface area contributed by atoms with Gasteiger partial charge in [-0.3, -0.25) is 14.3 Å². The molecule has 16 atom stereocenters. The average Bonchev–Trinajstić information content (AvgIpc) is 3.60. The van der Waals surface area contributed by atoms with Gasteiger partial charge >= 0.3 is 5.97 Å². The number of aliphatic hydroxyl groups excluding tert-OH is 10. The number of esters is 1. The summed E-state index contributed by atoms with van der Waals surface area (Å²) in [6.45, 7) is -0.964. The largest absolute Gasteiger partial charge is 0.459 e. The van der Waals surface area contributed by atoms with E-state index in [1.807, 2.05) is 0 Å². The standard InChI is InChI=1S/C29H48N4O20/c1-12(37)46-8-13-5-33(32-31-13)3-2-30-4-15(38)20(41)17(7-35)50-27-24(45)22(43)18(10-48-27)51-29-25(21(42)16(39)9-47-29)52-28-23(44)19(40)14(6-34)26(53-28)49-11-36/h5,11,14-30,34-35,38-45H,2-4,6-10H2,1H3/t14-,15?,16+,17?,18+,19-,20?,21?,22-,23?,24?,25?,26?,27-,28-,29-/m0/s1. The topological polar surface area (TPSA) is 353 Å². The van der Waals surface area contributed by atoms with Crippen LogP contribution in [0, 0.1) is 5.92 Å². The lowest BCUT2D eigenvalue weighted by molar-refractivity contribution is -0.384. The lowest BCUT2D eigenvalue weighted by Gasteiger charge is -2.46. The number of hydrogen-bond acceptors (Lipinski definition) is 23. The fourth-order valence-corrected chi connectivity index (χ4v) is 5.65. The minimum atomic E-state index is -1.87. The zero-order valence-electron chi connectivity index (χ0n) is 28.4. The zero-order chi connectivity index (χ0) is 38.8. The maximum Gasteiger partial charge on any atom is 0.303 e. The Bertz CT molecular complexity index is 1270. The number of aliphatic hydroxyl groups is 10. The number of ether oxygens (including phenoxy) is 8. The quantitative estimate of drug-likeness (QED) is 0.0353. The summed E-state index contributed by atoms with van der Waals surface area (Å²) in [6.07, 6.45) is -23.4. The van der Waals surface area contributed by atoms with E-state index in [1.54, 1.807) is 6.20 Å². The highest BCUT2D eigenvalue weighted by Crippen LogP contribution is 2.32. The van der Waals surface area contributed by atoms with Crippen molar-refractivity contribution >= 4 is 12.4 Å². The van der Waals surface area contributed by atoms with Gasteiger partial charge in [0.25, 0.3) is 6.47 Å². The molecule has 1 aromatic heterocycles. The van der Waals surface area contributed by atoms with Gasteiger partial charge in [-0.15, -0.1) is 5.10 Å². The van der Waals surface area contributed by atoms with Crippen molar-refractivity contribution in [3.05, 3.63) is 11.9 Å². The van der Waals surface area contributed by atoms with Crippen molar-refractivity contribution in [3.63, 3.8) is 0 Å². The van der Waals surface area contributed by atoms with Gasteiger partial charge in [-0.2, -0.15) is 0 Å². The molecule has 0 bridgehead atoms. The molecule has 4 rings (SSSR count). The first-order valence-corrected chi connectivity index (χ1v) is 16.6. The van der Waals surface area contributed by atoms with E-state index in [0.717, 1.165) is 0 Å². The Balaban J connectivity index is 1.28. The molecule has 3 aliphatic heterocycles. The van der Waals surface area contributed by atoms with Crippen molar-refractivity contribution in [2.45, 2.75) is 112 Å². The number of carbonyl (C=O) groups is 2.